The zero-order valence-electron chi connectivity index (χ0n) is 7.59. The van der Waals surface area contributed by atoms with E-state index in [0.29, 0.717) is 11.0 Å². The number of nitrogens with one attached hydrogen (secondary N) is 1. The van der Waals surface area contributed by atoms with Crippen LogP contribution in [0.1, 0.15) is 5.82 Å². The van der Waals surface area contributed by atoms with E-state index in [1.165, 1.54) is 0 Å². The summed E-state index contributed by atoms with van der Waals surface area (Å²) in [5.41, 5.74) is 0.833. The molecule has 0 saturated carbocycles. The van der Waals surface area contributed by atoms with Gasteiger partial charge in [-0.2, -0.15) is 13.2 Å². The Morgan fingerprint density at radius 2 is 1.41 bits per heavy atom. The number of hydrogen-bond acceptors (Lipinski definition) is 1. The van der Waals surface area contributed by atoms with Crippen LogP contribution in [0.4, 0.5) is 13.2 Å². The van der Waals surface area contributed by atoms with Gasteiger partial charge in [-0.25, -0.2) is 4.98 Å². The second-order valence-electron chi connectivity index (χ2n) is 3.06. The summed E-state index contributed by atoms with van der Waals surface area (Å²) in [4.78, 5) is 6.00. The Balaban J connectivity index is 2.86. The summed E-state index contributed by atoms with van der Waals surface area (Å²) in [6, 6.07) is 0. The molecule has 1 aromatic heterocycles. The minimum Gasteiger partial charge on any atom is -0.333 e. The lowest BCUT2D eigenvalue weighted by atomic mass is 10.3. The molecule has 0 atom stereocenters. The molecule has 2 rings (SSSR count). The zero-order chi connectivity index (χ0) is 13.0. The van der Waals surface area contributed by atoms with E-state index in [2.05, 4.69) is 55.1 Å². The third kappa shape index (κ3) is 2.66. The van der Waals surface area contributed by atoms with Crippen molar-refractivity contribution in [3.8, 4) is 0 Å². The van der Waals surface area contributed by atoms with E-state index < -0.39 is 12.0 Å². The van der Waals surface area contributed by atoms with Gasteiger partial charge in [-0.1, -0.05) is 0 Å². The highest BCUT2D eigenvalue weighted by molar-refractivity contribution is 14.1. The molecule has 92 valence electrons. The maximum atomic E-state index is 12.6. The second kappa shape index (κ2) is 5.06. The minimum absolute atomic E-state index is 0.382. The third-order valence-corrected chi connectivity index (χ3v) is 9.36. The van der Waals surface area contributed by atoms with Gasteiger partial charge in [0.2, 0.25) is 5.82 Å². The molecule has 1 heterocycles. The Morgan fingerprint density at radius 1 is 0.882 bits per heavy atom. The van der Waals surface area contributed by atoms with E-state index >= 15 is 0 Å². The van der Waals surface area contributed by atoms with Crippen molar-refractivity contribution in [2.75, 3.05) is 0 Å². The van der Waals surface area contributed by atoms with Crippen LogP contribution in [0.2, 0.25) is 0 Å². The summed E-state index contributed by atoms with van der Waals surface area (Å²) in [5, 5.41) is 0. The van der Waals surface area contributed by atoms with Crippen molar-refractivity contribution in [1.82, 2.24) is 9.97 Å². The number of alkyl halides is 3. The first kappa shape index (κ1) is 14.8. The van der Waals surface area contributed by atoms with Crippen molar-refractivity contribution in [2.45, 2.75) is 6.18 Å². The Hall–Kier alpha value is 1.40. The smallest absolute Gasteiger partial charge is 0.333 e. The lowest BCUT2D eigenvalue weighted by molar-refractivity contribution is -0.144. The molecule has 0 unspecified atom stereocenters. The Bertz CT molecular complexity index is 560. The van der Waals surface area contributed by atoms with Gasteiger partial charge in [0.05, 0.1) is 12.7 Å². The third-order valence-electron chi connectivity index (χ3n) is 1.98. The Kier molecular flexibility index (Phi) is 4.41. The van der Waals surface area contributed by atoms with Gasteiger partial charge in [0, 0.05) is 7.14 Å². The number of aromatic nitrogens is 2. The molecule has 2 aromatic rings. The highest BCUT2D eigenvalue weighted by atomic mass is 127. The van der Waals surface area contributed by atoms with E-state index in [4.69, 9.17) is 0 Å². The second-order valence-corrected chi connectivity index (χ2v) is 7.38. The molecule has 17 heavy (non-hydrogen) atoms. The first-order chi connectivity index (χ1) is 7.73. The van der Waals surface area contributed by atoms with Gasteiger partial charge < -0.3 is 4.98 Å². The maximum Gasteiger partial charge on any atom is 0.449 e. The predicted octanol–water partition coefficient (Wildman–Crippen LogP) is 5.00. The quantitative estimate of drug-likeness (QED) is 0.236. The lowest BCUT2D eigenvalue weighted by Crippen LogP contribution is -2.06. The fourth-order valence-electron chi connectivity index (χ4n) is 1.23. The summed E-state index contributed by atoms with van der Waals surface area (Å²) in [7, 11) is 0. The van der Waals surface area contributed by atoms with Crippen LogP contribution >= 0.6 is 90.4 Å². The number of H-pyrrole nitrogens is 1. The number of halogens is 7. The normalized spacial score (nSPS) is 12.4. The van der Waals surface area contributed by atoms with Crippen LogP contribution in [0.5, 0.6) is 0 Å². The minimum atomic E-state index is -4.44. The number of benzene rings is 1. The molecule has 2 nitrogen and oxygen atoms in total. The number of hydrogen-bond donors (Lipinski definition) is 1. The molecule has 9 heteroatoms. The number of nitrogens with zero attached hydrogens (tertiary/aromatic N) is 1. The maximum absolute atomic E-state index is 12.6. The van der Waals surface area contributed by atoms with Gasteiger partial charge in [-0.3, -0.25) is 0 Å². The highest BCUT2D eigenvalue weighted by Gasteiger charge is 2.35. The molecule has 1 N–H and O–H groups in total. The predicted molar refractivity (Wildman–Crippen MR) is 92.0 cm³/mol. The van der Waals surface area contributed by atoms with Crippen LogP contribution in [-0.4, -0.2) is 9.97 Å². The first-order valence-corrected chi connectivity index (χ1v) is 8.34. The van der Waals surface area contributed by atoms with Crippen LogP contribution < -0.4 is 0 Å². The molecule has 0 aliphatic rings. The van der Waals surface area contributed by atoms with Crippen LogP contribution in [0.15, 0.2) is 0 Å². The van der Waals surface area contributed by atoms with E-state index in [0.717, 1.165) is 14.3 Å². The summed E-state index contributed by atoms with van der Waals surface area (Å²) in [6.45, 7) is 0. The topological polar surface area (TPSA) is 28.7 Å². The molecular weight excluding hydrogens is 689 g/mol. The number of aromatic amines is 1. The average molecular weight is 690 g/mol. The summed E-state index contributed by atoms with van der Waals surface area (Å²) < 4.78 is 41.2. The molecule has 0 spiro atoms. The molecule has 0 aliphatic heterocycles. The van der Waals surface area contributed by atoms with Gasteiger partial charge in [0.15, 0.2) is 0 Å². The van der Waals surface area contributed by atoms with Crippen LogP contribution in [-0.2, 0) is 6.18 Å². The van der Waals surface area contributed by atoms with Gasteiger partial charge in [-0.05, 0) is 90.4 Å². The highest BCUT2D eigenvalue weighted by Crippen LogP contribution is 2.36. The fraction of sp³-hybridized carbons (Fsp3) is 0.125. The number of imidazole rings is 1. The number of fused-ring (bicyclic) bond motifs is 1. The Morgan fingerprint density at radius 3 is 1.94 bits per heavy atom. The molecule has 0 bridgehead atoms. The zero-order valence-corrected chi connectivity index (χ0v) is 16.2. The summed E-state index contributed by atoms with van der Waals surface area (Å²) >= 11 is 8.29. The van der Waals surface area contributed by atoms with Crippen molar-refractivity contribution >= 4 is 101 Å². The van der Waals surface area contributed by atoms with Gasteiger partial charge >= 0.3 is 6.18 Å². The largest absolute Gasteiger partial charge is 0.449 e. The van der Waals surface area contributed by atoms with Gasteiger partial charge in [0.1, 0.15) is 5.52 Å². The molecule has 0 saturated heterocycles. The molecule has 0 aliphatic carbocycles. The van der Waals surface area contributed by atoms with E-state index in [9.17, 15) is 13.2 Å². The fourth-order valence-corrected chi connectivity index (χ4v) is 4.65. The summed E-state index contributed by atoms with van der Waals surface area (Å²) in [5.74, 6) is -0.943. The van der Waals surface area contributed by atoms with Crippen molar-refractivity contribution in [2.24, 2.45) is 0 Å². The lowest BCUT2D eigenvalue weighted by Gasteiger charge is -2.04. The Labute approximate surface area is 148 Å². The monoisotopic (exact) mass is 690 g/mol. The van der Waals surface area contributed by atoms with E-state index in [1.807, 2.05) is 45.2 Å². The molecule has 0 radical (unpaired) electrons. The SMILES string of the molecule is FC(F)(F)c1nc2c(I)c(I)c(I)c(I)c2[nH]1. The van der Waals surface area contributed by atoms with E-state index in [-0.39, 0.29) is 0 Å². The summed E-state index contributed by atoms with van der Waals surface area (Å²) in [6.07, 6.45) is -4.44. The van der Waals surface area contributed by atoms with Crippen molar-refractivity contribution < 1.29 is 13.2 Å². The van der Waals surface area contributed by atoms with Gasteiger partial charge in [0.25, 0.3) is 0 Å². The van der Waals surface area contributed by atoms with Crippen LogP contribution in [0.3, 0.4) is 0 Å². The number of rotatable bonds is 0. The molecule has 0 amide bonds. The average Bonchev–Trinajstić information content (AvgIpc) is 2.67. The molecular formula is C8HF3I4N2. The first-order valence-electron chi connectivity index (χ1n) is 4.02. The van der Waals surface area contributed by atoms with Crippen molar-refractivity contribution in [3.05, 3.63) is 20.1 Å². The van der Waals surface area contributed by atoms with Gasteiger partial charge in [-0.15, -0.1) is 0 Å². The van der Waals surface area contributed by atoms with Crippen molar-refractivity contribution in [3.63, 3.8) is 0 Å². The molecule has 0 fully saturated rings. The van der Waals surface area contributed by atoms with Crippen LogP contribution in [0.25, 0.3) is 11.0 Å². The standard InChI is InChI=1S/C8HF3I4N2/c9-8(10,11)7-16-5-3(14)1(12)2(13)4(15)6(5)17-7/h(H,16,17). The van der Waals surface area contributed by atoms with Crippen molar-refractivity contribution in [1.29, 1.82) is 0 Å². The molecule has 1 aromatic carbocycles. The van der Waals surface area contributed by atoms with Crippen LogP contribution in [0, 0.1) is 14.3 Å². The van der Waals surface area contributed by atoms with E-state index in [1.54, 1.807) is 0 Å².